The van der Waals surface area contributed by atoms with Gasteiger partial charge in [0.05, 0.1) is 0 Å². The molecule has 4 heteroatoms. The Balaban J connectivity index is 2.02. The van der Waals surface area contributed by atoms with E-state index in [2.05, 4.69) is 34.4 Å². The molecule has 0 atom stereocenters. The fourth-order valence-electron chi connectivity index (χ4n) is 2.99. The van der Waals surface area contributed by atoms with Crippen LogP contribution in [-0.2, 0) is 0 Å². The largest absolute Gasteiger partial charge is 0.370 e. The zero-order valence-electron chi connectivity index (χ0n) is 12.4. The summed E-state index contributed by atoms with van der Waals surface area (Å²) in [5, 5.41) is 6.78. The molecule has 0 radical (unpaired) electrons. The zero-order chi connectivity index (χ0) is 13.7. The molecule has 0 aromatic carbocycles. The van der Waals surface area contributed by atoms with Crippen LogP contribution in [0.15, 0.2) is 6.07 Å². The maximum Gasteiger partial charge on any atom is 0.131 e. The molecule has 4 nitrogen and oxygen atoms in total. The van der Waals surface area contributed by atoms with Crippen molar-refractivity contribution < 1.29 is 0 Å². The van der Waals surface area contributed by atoms with Gasteiger partial charge in [0.15, 0.2) is 0 Å². The lowest BCUT2D eigenvalue weighted by Gasteiger charge is -2.28. The highest BCUT2D eigenvalue weighted by atomic mass is 15.1. The zero-order valence-corrected chi connectivity index (χ0v) is 12.4. The number of aromatic nitrogens is 2. The molecule has 2 rings (SSSR count). The van der Waals surface area contributed by atoms with E-state index >= 15 is 0 Å². The average Bonchev–Trinajstić information content (AvgIpc) is 2.86. The normalized spacial score (nSPS) is 17.4. The Labute approximate surface area is 116 Å². The summed E-state index contributed by atoms with van der Waals surface area (Å²) in [6.45, 7) is 8.24. The smallest absolute Gasteiger partial charge is 0.131 e. The molecule has 0 unspecified atom stereocenters. The topological polar surface area (TPSA) is 49.8 Å². The van der Waals surface area contributed by atoms with Gasteiger partial charge in [-0.1, -0.05) is 19.8 Å². The van der Waals surface area contributed by atoms with Gasteiger partial charge in [0.2, 0.25) is 0 Å². The summed E-state index contributed by atoms with van der Waals surface area (Å²) < 4.78 is 0. The first-order valence-electron chi connectivity index (χ1n) is 7.51. The van der Waals surface area contributed by atoms with Crippen molar-refractivity contribution in [1.82, 2.24) is 9.97 Å². The van der Waals surface area contributed by atoms with E-state index < -0.39 is 0 Å². The lowest BCUT2D eigenvalue weighted by molar-refractivity contribution is 0.306. The third kappa shape index (κ3) is 3.58. The van der Waals surface area contributed by atoms with E-state index in [1.807, 2.05) is 13.0 Å². The van der Waals surface area contributed by atoms with E-state index in [0.717, 1.165) is 30.5 Å². The summed E-state index contributed by atoms with van der Waals surface area (Å²) in [4.78, 5) is 8.86. The lowest BCUT2D eigenvalue weighted by atomic mass is 9.83. The van der Waals surface area contributed by atoms with Gasteiger partial charge in [-0.15, -0.1) is 0 Å². The molecule has 1 heterocycles. The van der Waals surface area contributed by atoms with Crippen LogP contribution in [0.5, 0.6) is 0 Å². The Bertz CT molecular complexity index is 411. The van der Waals surface area contributed by atoms with Gasteiger partial charge < -0.3 is 10.6 Å². The van der Waals surface area contributed by atoms with Crippen LogP contribution < -0.4 is 10.6 Å². The van der Waals surface area contributed by atoms with Crippen molar-refractivity contribution in [3.05, 3.63) is 11.9 Å². The van der Waals surface area contributed by atoms with Gasteiger partial charge in [0, 0.05) is 19.2 Å². The van der Waals surface area contributed by atoms with Crippen LogP contribution in [0.2, 0.25) is 0 Å². The van der Waals surface area contributed by atoms with E-state index in [4.69, 9.17) is 0 Å². The SMILES string of the molecule is CCNc1cc(NCC2(CC)CCCC2)nc(C)n1. The van der Waals surface area contributed by atoms with Gasteiger partial charge >= 0.3 is 0 Å². The van der Waals surface area contributed by atoms with Crippen LogP contribution in [0.25, 0.3) is 0 Å². The van der Waals surface area contributed by atoms with Gasteiger partial charge in [-0.2, -0.15) is 0 Å². The number of rotatable bonds is 6. The molecular formula is C15H26N4. The lowest BCUT2D eigenvalue weighted by Crippen LogP contribution is -2.26. The second kappa shape index (κ2) is 6.22. The summed E-state index contributed by atoms with van der Waals surface area (Å²) in [6.07, 6.45) is 6.70. The molecule has 1 aromatic heterocycles. The molecule has 106 valence electrons. The number of hydrogen-bond donors (Lipinski definition) is 2. The van der Waals surface area contributed by atoms with Gasteiger partial charge in [0.25, 0.3) is 0 Å². The molecule has 0 aliphatic heterocycles. The van der Waals surface area contributed by atoms with E-state index in [1.165, 1.54) is 32.1 Å². The fourth-order valence-corrected chi connectivity index (χ4v) is 2.99. The van der Waals surface area contributed by atoms with Crippen molar-refractivity contribution >= 4 is 11.6 Å². The summed E-state index contributed by atoms with van der Waals surface area (Å²) >= 11 is 0. The first kappa shape index (κ1) is 14.1. The molecule has 0 bridgehead atoms. The van der Waals surface area contributed by atoms with Crippen LogP contribution in [0.4, 0.5) is 11.6 Å². The van der Waals surface area contributed by atoms with Gasteiger partial charge in [-0.05, 0) is 38.5 Å². The first-order chi connectivity index (χ1) is 9.17. The fraction of sp³-hybridized carbons (Fsp3) is 0.733. The third-order valence-electron chi connectivity index (χ3n) is 4.25. The predicted molar refractivity (Wildman–Crippen MR) is 80.6 cm³/mol. The summed E-state index contributed by atoms with van der Waals surface area (Å²) in [6, 6.07) is 2.01. The van der Waals surface area contributed by atoms with Crippen LogP contribution >= 0.6 is 0 Å². The molecule has 0 spiro atoms. The molecule has 19 heavy (non-hydrogen) atoms. The second-order valence-corrected chi connectivity index (χ2v) is 5.63. The van der Waals surface area contributed by atoms with Crippen molar-refractivity contribution in [2.45, 2.75) is 52.9 Å². The number of nitrogens with one attached hydrogen (secondary N) is 2. The van der Waals surface area contributed by atoms with Crippen LogP contribution in [0.1, 0.15) is 51.8 Å². The predicted octanol–water partition coefficient (Wildman–Crippen LogP) is 3.60. The second-order valence-electron chi connectivity index (χ2n) is 5.63. The Morgan fingerprint density at radius 2 is 1.74 bits per heavy atom. The third-order valence-corrected chi connectivity index (χ3v) is 4.25. The number of aryl methyl sites for hydroxylation is 1. The van der Waals surface area contributed by atoms with Gasteiger partial charge in [-0.25, -0.2) is 9.97 Å². The van der Waals surface area contributed by atoms with Gasteiger partial charge in [-0.3, -0.25) is 0 Å². The van der Waals surface area contributed by atoms with Crippen molar-refractivity contribution in [2.75, 3.05) is 23.7 Å². The maximum atomic E-state index is 4.48. The average molecular weight is 262 g/mol. The highest BCUT2D eigenvalue weighted by molar-refractivity contribution is 5.47. The minimum Gasteiger partial charge on any atom is -0.370 e. The van der Waals surface area contributed by atoms with E-state index in [-0.39, 0.29) is 0 Å². The minimum absolute atomic E-state index is 0.483. The molecule has 1 aliphatic rings. The molecule has 1 saturated carbocycles. The maximum absolute atomic E-state index is 4.48. The molecule has 0 saturated heterocycles. The molecule has 2 N–H and O–H groups in total. The summed E-state index contributed by atoms with van der Waals surface area (Å²) in [5.41, 5.74) is 0.483. The van der Waals surface area contributed by atoms with Crippen LogP contribution in [-0.4, -0.2) is 23.1 Å². The molecular weight excluding hydrogens is 236 g/mol. The van der Waals surface area contributed by atoms with Crippen molar-refractivity contribution in [3.8, 4) is 0 Å². The summed E-state index contributed by atoms with van der Waals surface area (Å²) in [7, 11) is 0. The Hall–Kier alpha value is -1.32. The van der Waals surface area contributed by atoms with Crippen molar-refractivity contribution in [3.63, 3.8) is 0 Å². The van der Waals surface area contributed by atoms with Crippen LogP contribution in [0.3, 0.4) is 0 Å². The highest BCUT2D eigenvalue weighted by Crippen LogP contribution is 2.40. The molecule has 1 fully saturated rings. The Kier molecular flexibility index (Phi) is 4.61. The minimum atomic E-state index is 0.483. The van der Waals surface area contributed by atoms with Crippen molar-refractivity contribution in [1.29, 1.82) is 0 Å². The number of anilines is 2. The number of nitrogens with zero attached hydrogens (tertiary/aromatic N) is 2. The Morgan fingerprint density at radius 1 is 1.11 bits per heavy atom. The van der Waals surface area contributed by atoms with Gasteiger partial charge in [0.1, 0.15) is 17.5 Å². The standard InChI is InChI=1S/C15H26N4/c1-4-15(8-6-7-9-15)11-17-14-10-13(16-5-2)18-12(3)19-14/h10H,4-9,11H2,1-3H3,(H2,16,17,18,19). The van der Waals surface area contributed by atoms with Crippen molar-refractivity contribution in [2.24, 2.45) is 5.41 Å². The van der Waals surface area contributed by atoms with E-state index in [1.54, 1.807) is 0 Å². The molecule has 0 amide bonds. The monoisotopic (exact) mass is 262 g/mol. The van der Waals surface area contributed by atoms with Crippen LogP contribution in [0, 0.1) is 12.3 Å². The quantitative estimate of drug-likeness (QED) is 0.822. The number of hydrogen-bond acceptors (Lipinski definition) is 4. The molecule has 1 aliphatic carbocycles. The first-order valence-corrected chi connectivity index (χ1v) is 7.51. The summed E-state index contributed by atoms with van der Waals surface area (Å²) in [5.74, 6) is 2.68. The van der Waals surface area contributed by atoms with E-state index in [9.17, 15) is 0 Å². The molecule has 1 aromatic rings. The Morgan fingerprint density at radius 3 is 2.32 bits per heavy atom. The van der Waals surface area contributed by atoms with E-state index in [0.29, 0.717) is 5.41 Å². The highest BCUT2D eigenvalue weighted by Gasteiger charge is 2.31.